The molecular formula is H7FeLiO8P2V. The van der Waals surface area contributed by atoms with Crippen molar-refractivity contribution in [1.82, 2.24) is 0 Å². The van der Waals surface area contributed by atoms with Crippen molar-refractivity contribution in [3.05, 3.63) is 0 Å². The smallest absolute Gasteiger partial charge is 1.00 e. The van der Waals surface area contributed by atoms with Crippen molar-refractivity contribution in [3.63, 3.8) is 0 Å². The normalized spacial score (nSPS) is 9.08. The molecule has 0 aromatic carbocycles. The van der Waals surface area contributed by atoms with Gasteiger partial charge in [-0.2, -0.15) is 0 Å². The summed E-state index contributed by atoms with van der Waals surface area (Å²) in [5.41, 5.74) is 0. The molecule has 8 nitrogen and oxygen atoms in total. The number of hydrogen-bond acceptors (Lipinski definition) is 2. The van der Waals surface area contributed by atoms with Crippen LogP contribution in [-0.4, -0.2) is 29.4 Å². The third-order valence-corrected chi connectivity index (χ3v) is 0. The fourth-order valence-corrected chi connectivity index (χ4v) is 0. The van der Waals surface area contributed by atoms with Gasteiger partial charge < -0.3 is 30.8 Å². The molecule has 0 aromatic rings. The summed E-state index contributed by atoms with van der Waals surface area (Å²) >= 11 is 0. The molecule has 0 saturated carbocycles. The van der Waals surface area contributed by atoms with E-state index in [9.17, 15) is 0 Å². The van der Waals surface area contributed by atoms with Crippen molar-refractivity contribution in [2.45, 2.75) is 0 Å². The first kappa shape index (κ1) is 29.4. The first-order valence-electron chi connectivity index (χ1n) is 1.57. The Labute approximate surface area is 110 Å². The fourth-order valence-electron chi connectivity index (χ4n) is 0. The van der Waals surface area contributed by atoms with E-state index in [1.54, 1.807) is 0 Å². The minimum Gasteiger partial charge on any atom is -1.00 e. The Balaban J connectivity index is -0.0000000178. The maximum atomic E-state index is 8.88. The van der Waals surface area contributed by atoms with E-state index in [4.69, 9.17) is 38.5 Å². The molecule has 0 bridgehead atoms. The summed E-state index contributed by atoms with van der Waals surface area (Å²) < 4.78 is 17.8. The van der Waals surface area contributed by atoms with Gasteiger partial charge in [0, 0.05) is 35.6 Å². The van der Waals surface area contributed by atoms with Crippen LogP contribution < -0.4 is 18.9 Å². The van der Waals surface area contributed by atoms with Crippen LogP contribution in [-0.2, 0) is 44.8 Å². The van der Waals surface area contributed by atoms with Gasteiger partial charge in [-0.3, -0.25) is 0 Å². The molecule has 13 heteroatoms. The van der Waals surface area contributed by atoms with Gasteiger partial charge >= 0.3 is 34.5 Å². The fraction of sp³-hybridized carbons (Fsp3) is 0. The Bertz CT molecular complexity index is 140. The molecule has 0 aliphatic carbocycles. The van der Waals surface area contributed by atoms with Crippen LogP contribution in [0.1, 0.15) is 1.43 Å². The van der Waals surface area contributed by atoms with Crippen LogP contribution >= 0.6 is 15.6 Å². The molecule has 0 rings (SSSR count). The third kappa shape index (κ3) is 536. The molecule has 0 atom stereocenters. The summed E-state index contributed by atoms with van der Waals surface area (Å²) in [6, 6.07) is 0. The minimum absolute atomic E-state index is 0. The number of rotatable bonds is 0. The van der Waals surface area contributed by atoms with Gasteiger partial charge in [0.15, 0.2) is 0 Å². The van der Waals surface area contributed by atoms with E-state index in [0.29, 0.717) is 0 Å². The molecule has 0 spiro atoms. The Morgan fingerprint density at radius 1 is 0.769 bits per heavy atom. The number of hydrogen-bond donors (Lipinski definition) is 6. The maximum absolute atomic E-state index is 8.88. The van der Waals surface area contributed by atoms with Gasteiger partial charge in [-0.25, -0.2) is 9.13 Å². The van der Waals surface area contributed by atoms with Crippen LogP contribution in [0.4, 0.5) is 0 Å². The van der Waals surface area contributed by atoms with E-state index in [2.05, 4.69) is 0 Å². The van der Waals surface area contributed by atoms with Crippen molar-refractivity contribution < 1.29 is 94.4 Å². The van der Waals surface area contributed by atoms with Crippen LogP contribution in [0, 0.1) is 0 Å². The summed E-state index contributed by atoms with van der Waals surface area (Å²) in [6.45, 7) is 0. The second kappa shape index (κ2) is 12.0. The Kier molecular flexibility index (Phi) is 27.1. The Morgan fingerprint density at radius 2 is 0.769 bits per heavy atom. The van der Waals surface area contributed by atoms with Crippen LogP contribution in [0.5, 0.6) is 0 Å². The molecule has 6 N–H and O–H groups in total. The van der Waals surface area contributed by atoms with Gasteiger partial charge in [-0.15, -0.1) is 0 Å². The summed E-state index contributed by atoms with van der Waals surface area (Å²) in [7, 11) is -9.28. The average Bonchev–Trinajstić information content (AvgIpc) is 1.12. The van der Waals surface area contributed by atoms with Crippen molar-refractivity contribution in [2.24, 2.45) is 0 Å². The van der Waals surface area contributed by atoms with Gasteiger partial charge in [-0.1, -0.05) is 0 Å². The van der Waals surface area contributed by atoms with Gasteiger partial charge in [0.25, 0.3) is 0 Å². The zero-order valence-corrected chi connectivity index (χ0v) is 10.5. The third-order valence-electron chi connectivity index (χ3n) is 0. The summed E-state index contributed by atoms with van der Waals surface area (Å²) in [5, 5.41) is 0. The molecular weight excluding hydrogens is 304 g/mol. The van der Waals surface area contributed by atoms with Gasteiger partial charge in [0.2, 0.25) is 0 Å². The van der Waals surface area contributed by atoms with E-state index in [1.807, 2.05) is 0 Å². The largest absolute Gasteiger partial charge is 1.00 e. The van der Waals surface area contributed by atoms with Crippen molar-refractivity contribution in [3.8, 4) is 0 Å². The van der Waals surface area contributed by atoms with E-state index in [0.717, 1.165) is 0 Å². The molecule has 0 saturated heterocycles. The van der Waals surface area contributed by atoms with Gasteiger partial charge in [0.1, 0.15) is 0 Å². The van der Waals surface area contributed by atoms with E-state index in [1.165, 1.54) is 0 Å². The van der Waals surface area contributed by atoms with Crippen molar-refractivity contribution >= 4 is 15.6 Å². The van der Waals surface area contributed by atoms with Gasteiger partial charge in [0.05, 0.1) is 0 Å². The van der Waals surface area contributed by atoms with E-state index in [-0.39, 0.29) is 55.9 Å². The summed E-state index contributed by atoms with van der Waals surface area (Å²) in [6.07, 6.45) is 0. The molecule has 0 heterocycles. The van der Waals surface area contributed by atoms with Crippen LogP contribution in [0.15, 0.2) is 0 Å². The summed E-state index contributed by atoms with van der Waals surface area (Å²) in [4.78, 5) is 43.1. The minimum atomic E-state index is -4.64. The maximum Gasteiger partial charge on any atom is 1.00 e. The van der Waals surface area contributed by atoms with Crippen LogP contribution in [0.3, 0.4) is 0 Å². The molecule has 0 aromatic heterocycles. The molecule has 0 fully saturated rings. The average molecular weight is 311 g/mol. The molecule has 79 valence electrons. The Hall–Kier alpha value is 1.92. The molecule has 1 radical (unpaired) electrons. The van der Waals surface area contributed by atoms with E-state index >= 15 is 0 Å². The predicted molar refractivity (Wildman–Crippen MR) is 29.6 cm³/mol. The molecule has 0 aliphatic rings. The second-order valence-electron chi connectivity index (χ2n) is 1.03. The predicted octanol–water partition coefficient (Wildman–Crippen LogP) is -4.75. The SMILES string of the molecule is O=P(O)(O)O.O=P(O)(O)O.[Fe].[H-].[Li+].[V]. The van der Waals surface area contributed by atoms with Crippen LogP contribution in [0.25, 0.3) is 0 Å². The molecule has 0 amide bonds. The monoisotopic (exact) mass is 311 g/mol. The topological polar surface area (TPSA) is 156 Å². The van der Waals surface area contributed by atoms with E-state index < -0.39 is 15.6 Å². The zero-order valence-electron chi connectivity index (χ0n) is 7.19. The molecule has 13 heavy (non-hydrogen) atoms. The van der Waals surface area contributed by atoms with Crippen molar-refractivity contribution in [1.29, 1.82) is 0 Å². The first-order chi connectivity index (χ1) is 4.00. The molecule has 0 aliphatic heterocycles. The van der Waals surface area contributed by atoms with Gasteiger partial charge in [-0.05, 0) is 0 Å². The molecule has 0 unspecified atom stereocenters. The zero-order chi connectivity index (χ0) is 9.00. The standard InChI is InChI=1S/Fe.Li.2H3O4P.V.H/c;;2*1-5(2,3)4;;/h;;2*(H3,1,2,3,4);;/q;+1;;;;-1. The Morgan fingerprint density at radius 3 is 0.769 bits per heavy atom. The quantitative estimate of drug-likeness (QED) is 0.192. The first-order valence-corrected chi connectivity index (χ1v) is 4.70. The van der Waals surface area contributed by atoms with Crippen LogP contribution in [0.2, 0.25) is 0 Å². The summed E-state index contributed by atoms with van der Waals surface area (Å²) in [5.74, 6) is 0. The second-order valence-corrected chi connectivity index (χ2v) is 3.08. The van der Waals surface area contributed by atoms with Crippen molar-refractivity contribution in [2.75, 3.05) is 0 Å². The number of phosphoric acid groups is 2.